The maximum absolute atomic E-state index is 5.70. The molecule has 0 spiro atoms. The zero-order chi connectivity index (χ0) is 12.5. The lowest BCUT2D eigenvalue weighted by atomic mass is 10.1. The van der Waals surface area contributed by atoms with E-state index in [1.807, 2.05) is 6.07 Å². The predicted molar refractivity (Wildman–Crippen MR) is 71.3 cm³/mol. The maximum Gasteiger partial charge on any atom is 0.188 e. The van der Waals surface area contributed by atoms with E-state index in [4.69, 9.17) is 10.5 Å². The highest BCUT2D eigenvalue weighted by atomic mass is 16.5. The van der Waals surface area contributed by atoms with Crippen molar-refractivity contribution in [3.05, 3.63) is 35.4 Å². The Morgan fingerprint density at radius 2 is 2.18 bits per heavy atom. The summed E-state index contributed by atoms with van der Waals surface area (Å²) in [5, 5.41) is 3.09. The van der Waals surface area contributed by atoms with Crippen molar-refractivity contribution in [2.24, 2.45) is 10.7 Å². The third kappa shape index (κ3) is 5.36. The zero-order valence-electron chi connectivity index (χ0n) is 10.6. The third-order valence-corrected chi connectivity index (χ3v) is 2.54. The van der Waals surface area contributed by atoms with Crippen LogP contribution in [0.15, 0.2) is 29.3 Å². The van der Waals surface area contributed by atoms with Gasteiger partial charge in [0.2, 0.25) is 0 Å². The van der Waals surface area contributed by atoms with E-state index >= 15 is 0 Å². The van der Waals surface area contributed by atoms with Crippen molar-refractivity contribution < 1.29 is 4.74 Å². The van der Waals surface area contributed by atoms with Crippen molar-refractivity contribution in [3.8, 4) is 0 Å². The maximum atomic E-state index is 5.70. The first kappa shape index (κ1) is 13.5. The van der Waals surface area contributed by atoms with E-state index < -0.39 is 0 Å². The Balaban J connectivity index is 2.28. The number of rotatable bonds is 6. The SMILES string of the molecule is COCCN=C(N)NCCc1ccccc1C. The number of ether oxygens (including phenoxy) is 1. The first-order chi connectivity index (χ1) is 8.24. The Bertz CT molecular complexity index is 363. The van der Waals surface area contributed by atoms with Gasteiger partial charge in [-0.3, -0.25) is 4.99 Å². The molecule has 0 bridgehead atoms. The lowest BCUT2D eigenvalue weighted by molar-refractivity contribution is 0.208. The number of methoxy groups -OCH3 is 1. The molecule has 94 valence electrons. The highest BCUT2D eigenvalue weighted by Crippen LogP contribution is 2.06. The van der Waals surface area contributed by atoms with Crippen LogP contribution in [-0.4, -0.2) is 32.8 Å². The number of aryl methyl sites for hydroxylation is 1. The van der Waals surface area contributed by atoms with Crippen LogP contribution >= 0.6 is 0 Å². The second-order valence-corrected chi connectivity index (χ2v) is 3.86. The van der Waals surface area contributed by atoms with Gasteiger partial charge in [0.05, 0.1) is 13.2 Å². The predicted octanol–water partition coefficient (Wildman–Crippen LogP) is 1.09. The number of hydrogen-bond donors (Lipinski definition) is 2. The lowest BCUT2D eigenvalue weighted by Crippen LogP contribution is -2.33. The first-order valence-electron chi connectivity index (χ1n) is 5.81. The van der Waals surface area contributed by atoms with Crippen molar-refractivity contribution in [1.82, 2.24) is 5.32 Å². The van der Waals surface area contributed by atoms with Crippen LogP contribution in [0.2, 0.25) is 0 Å². The second-order valence-electron chi connectivity index (χ2n) is 3.86. The van der Waals surface area contributed by atoms with Crippen LogP contribution in [0.5, 0.6) is 0 Å². The molecule has 1 rings (SSSR count). The first-order valence-corrected chi connectivity index (χ1v) is 5.81. The minimum atomic E-state index is 0.482. The lowest BCUT2D eigenvalue weighted by Gasteiger charge is -2.07. The summed E-state index contributed by atoms with van der Waals surface area (Å²) in [5.41, 5.74) is 8.35. The second kappa shape index (κ2) is 7.68. The van der Waals surface area contributed by atoms with Gasteiger partial charge >= 0.3 is 0 Å². The van der Waals surface area contributed by atoms with Crippen molar-refractivity contribution in [2.75, 3.05) is 26.8 Å². The fraction of sp³-hybridized carbons (Fsp3) is 0.462. The van der Waals surface area contributed by atoms with E-state index in [1.54, 1.807) is 7.11 Å². The van der Waals surface area contributed by atoms with Gasteiger partial charge in [0, 0.05) is 13.7 Å². The zero-order valence-corrected chi connectivity index (χ0v) is 10.6. The highest BCUT2D eigenvalue weighted by molar-refractivity contribution is 5.77. The monoisotopic (exact) mass is 235 g/mol. The molecule has 0 fully saturated rings. The summed E-state index contributed by atoms with van der Waals surface area (Å²) in [6, 6.07) is 8.35. The molecule has 0 heterocycles. The fourth-order valence-corrected chi connectivity index (χ4v) is 1.53. The van der Waals surface area contributed by atoms with Gasteiger partial charge in [-0.25, -0.2) is 0 Å². The minimum Gasteiger partial charge on any atom is -0.383 e. The fourth-order valence-electron chi connectivity index (χ4n) is 1.53. The summed E-state index contributed by atoms with van der Waals surface area (Å²) < 4.78 is 4.89. The summed E-state index contributed by atoms with van der Waals surface area (Å²) >= 11 is 0. The van der Waals surface area contributed by atoms with Crippen LogP contribution in [-0.2, 0) is 11.2 Å². The molecular weight excluding hydrogens is 214 g/mol. The molecule has 0 radical (unpaired) electrons. The van der Waals surface area contributed by atoms with E-state index in [2.05, 4.69) is 35.4 Å². The molecule has 0 aliphatic heterocycles. The summed E-state index contributed by atoms with van der Waals surface area (Å²) in [6.07, 6.45) is 0.952. The number of aliphatic imine (C=N–C) groups is 1. The number of nitrogens with one attached hydrogen (secondary N) is 1. The van der Waals surface area contributed by atoms with Crippen molar-refractivity contribution in [2.45, 2.75) is 13.3 Å². The number of nitrogens with two attached hydrogens (primary N) is 1. The van der Waals surface area contributed by atoms with Crippen LogP contribution in [0, 0.1) is 6.92 Å². The number of hydrogen-bond acceptors (Lipinski definition) is 2. The molecule has 0 unspecified atom stereocenters. The topological polar surface area (TPSA) is 59.6 Å². The molecule has 0 aliphatic carbocycles. The Morgan fingerprint density at radius 3 is 2.88 bits per heavy atom. The quantitative estimate of drug-likeness (QED) is 0.441. The summed E-state index contributed by atoms with van der Waals surface area (Å²) in [6.45, 7) is 4.11. The third-order valence-electron chi connectivity index (χ3n) is 2.54. The van der Waals surface area contributed by atoms with E-state index in [-0.39, 0.29) is 0 Å². The van der Waals surface area contributed by atoms with Gasteiger partial charge in [-0.15, -0.1) is 0 Å². The molecule has 0 aliphatic rings. The van der Waals surface area contributed by atoms with Gasteiger partial charge in [0.15, 0.2) is 5.96 Å². The van der Waals surface area contributed by atoms with Gasteiger partial charge in [0.1, 0.15) is 0 Å². The van der Waals surface area contributed by atoms with Crippen molar-refractivity contribution in [1.29, 1.82) is 0 Å². The number of guanidine groups is 1. The summed E-state index contributed by atoms with van der Waals surface area (Å²) in [5.74, 6) is 0.482. The van der Waals surface area contributed by atoms with Crippen molar-refractivity contribution in [3.63, 3.8) is 0 Å². The average Bonchev–Trinajstić information content (AvgIpc) is 2.32. The van der Waals surface area contributed by atoms with Gasteiger partial charge in [-0.05, 0) is 24.5 Å². The van der Waals surface area contributed by atoms with Crippen LogP contribution in [0.4, 0.5) is 0 Å². The van der Waals surface area contributed by atoms with Crippen LogP contribution in [0.3, 0.4) is 0 Å². The molecule has 4 heteroatoms. The van der Waals surface area contributed by atoms with Gasteiger partial charge in [0.25, 0.3) is 0 Å². The van der Waals surface area contributed by atoms with E-state index in [1.165, 1.54) is 11.1 Å². The summed E-state index contributed by atoms with van der Waals surface area (Å²) in [7, 11) is 1.65. The molecule has 4 nitrogen and oxygen atoms in total. The molecule has 0 saturated heterocycles. The molecule has 0 amide bonds. The van der Waals surface area contributed by atoms with E-state index in [0.29, 0.717) is 19.1 Å². The molecule has 1 aromatic rings. The Morgan fingerprint density at radius 1 is 1.41 bits per heavy atom. The Hall–Kier alpha value is -1.55. The normalized spacial score (nSPS) is 11.5. The Labute approximate surface area is 103 Å². The molecule has 0 aromatic heterocycles. The average molecular weight is 235 g/mol. The summed E-state index contributed by atoms with van der Waals surface area (Å²) in [4.78, 5) is 4.13. The molecule has 0 saturated carbocycles. The largest absolute Gasteiger partial charge is 0.383 e. The van der Waals surface area contributed by atoms with Crippen molar-refractivity contribution >= 4 is 5.96 Å². The molecule has 1 aromatic carbocycles. The van der Waals surface area contributed by atoms with Crippen LogP contribution in [0.1, 0.15) is 11.1 Å². The van der Waals surface area contributed by atoms with Crippen LogP contribution < -0.4 is 11.1 Å². The van der Waals surface area contributed by atoms with Crippen LogP contribution in [0.25, 0.3) is 0 Å². The smallest absolute Gasteiger partial charge is 0.188 e. The van der Waals surface area contributed by atoms with Gasteiger partial charge < -0.3 is 15.8 Å². The number of benzene rings is 1. The molecule has 17 heavy (non-hydrogen) atoms. The Kier molecular flexibility index (Phi) is 6.10. The minimum absolute atomic E-state index is 0.482. The van der Waals surface area contributed by atoms with Gasteiger partial charge in [-0.1, -0.05) is 24.3 Å². The molecular formula is C13H21N3O. The van der Waals surface area contributed by atoms with E-state index in [0.717, 1.165) is 13.0 Å². The molecule has 3 N–H and O–H groups in total. The number of nitrogens with zero attached hydrogens (tertiary/aromatic N) is 1. The standard InChI is InChI=1S/C13H21N3O/c1-11-5-3-4-6-12(11)7-8-15-13(14)16-9-10-17-2/h3-6H,7-10H2,1-2H3,(H3,14,15,16). The van der Waals surface area contributed by atoms with Gasteiger partial charge in [-0.2, -0.15) is 0 Å². The highest BCUT2D eigenvalue weighted by Gasteiger charge is 1.97. The molecule has 0 atom stereocenters. The van der Waals surface area contributed by atoms with E-state index in [9.17, 15) is 0 Å².